The number of nitrogens with one attached hydrogen (secondary N) is 1. The molecule has 1 heterocycles. The van der Waals surface area contributed by atoms with Crippen LogP contribution in [0.3, 0.4) is 0 Å². The second kappa shape index (κ2) is 9.98. The molecule has 0 spiro atoms. The van der Waals surface area contributed by atoms with Crippen molar-refractivity contribution in [1.29, 1.82) is 0 Å². The molecule has 0 radical (unpaired) electrons. The number of thiazole rings is 1. The first-order valence-corrected chi connectivity index (χ1v) is 10.2. The Labute approximate surface area is 177 Å². The zero-order valence-corrected chi connectivity index (χ0v) is 17.4. The van der Waals surface area contributed by atoms with Crippen LogP contribution in [-0.4, -0.2) is 30.4 Å². The maximum absolute atomic E-state index is 13.6. The van der Waals surface area contributed by atoms with Crippen molar-refractivity contribution in [2.45, 2.75) is 19.8 Å². The van der Waals surface area contributed by atoms with Gasteiger partial charge in [0.15, 0.2) is 10.9 Å². The number of methoxy groups -OCH3 is 1. The molecule has 2 aromatic carbocycles. The Hall–Kier alpha value is -3.26. The maximum atomic E-state index is 13.6. The van der Waals surface area contributed by atoms with E-state index in [0.717, 1.165) is 0 Å². The molecule has 3 aromatic rings. The summed E-state index contributed by atoms with van der Waals surface area (Å²) in [5.41, 5.74) is 1.53. The van der Waals surface area contributed by atoms with Gasteiger partial charge in [-0.2, -0.15) is 0 Å². The lowest BCUT2D eigenvalue weighted by atomic mass is 10.1. The molecule has 0 fully saturated rings. The first kappa shape index (κ1) is 21.4. The molecular formula is C22H21FN2O4S. The van der Waals surface area contributed by atoms with Crippen molar-refractivity contribution in [3.8, 4) is 22.8 Å². The second-order valence-electron chi connectivity index (χ2n) is 6.31. The number of Topliss-reactive ketones (excluding diaryl/α,β-unsaturated/α-hetero) is 1. The quantitative estimate of drug-likeness (QED) is 0.488. The summed E-state index contributed by atoms with van der Waals surface area (Å²) in [6.45, 7) is 2.44. The lowest BCUT2D eigenvalue weighted by Crippen LogP contribution is -2.13. The molecule has 0 aliphatic heterocycles. The number of ketones is 1. The van der Waals surface area contributed by atoms with Gasteiger partial charge in [0.25, 0.3) is 0 Å². The van der Waals surface area contributed by atoms with Gasteiger partial charge in [-0.05, 0) is 49.4 Å². The van der Waals surface area contributed by atoms with E-state index in [1.54, 1.807) is 29.6 Å². The smallest absolute Gasteiger partial charge is 0.226 e. The fourth-order valence-electron chi connectivity index (χ4n) is 2.79. The number of benzene rings is 2. The van der Waals surface area contributed by atoms with Gasteiger partial charge in [-0.25, -0.2) is 9.37 Å². The van der Waals surface area contributed by atoms with Crippen LogP contribution in [0.5, 0.6) is 11.5 Å². The Bertz CT molecular complexity index is 1030. The Balaban J connectivity index is 1.57. The van der Waals surface area contributed by atoms with E-state index < -0.39 is 5.82 Å². The fraction of sp³-hybridized carbons (Fsp3) is 0.227. The van der Waals surface area contributed by atoms with Gasteiger partial charge >= 0.3 is 0 Å². The third-order valence-corrected chi connectivity index (χ3v) is 5.01. The summed E-state index contributed by atoms with van der Waals surface area (Å²) in [4.78, 5) is 28.8. The number of ether oxygens (including phenoxy) is 2. The van der Waals surface area contributed by atoms with E-state index in [1.807, 2.05) is 6.92 Å². The Morgan fingerprint density at radius 2 is 1.90 bits per heavy atom. The number of aromatic nitrogens is 1. The minimum atomic E-state index is -0.405. The first-order valence-electron chi connectivity index (χ1n) is 9.35. The van der Waals surface area contributed by atoms with E-state index in [4.69, 9.17) is 9.47 Å². The van der Waals surface area contributed by atoms with Crippen LogP contribution >= 0.6 is 11.3 Å². The molecule has 6 nitrogen and oxygen atoms in total. The van der Waals surface area contributed by atoms with Crippen LogP contribution in [0.15, 0.2) is 47.8 Å². The minimum Gasteiger partial charge on any atom is -0.496 e. The largest absolute Gasteiger partial charge is 0.496 e. The number of carbonyl (C=O) groups excluding carboxylic acids is 2. The van der Waals surface area contributed by atoms with Crippen molar-refractivity contribution in [3.63, 3.8) is 0 Å². The van der Waals surface area contributed by atoms with Crippen LogP contribution in [0.2, 0.25) is 0 Å². The molecule has 0 saturated heterocycles. The predicted molar refractivity (Wildman–Crippen MR) is 114 cm³/mol. The van der Waals surface area contributed by atoms with Crippen LogP contribution in [0.25, 0.3) is 11.3 Å². The maximum Gasteiger partial charge on any atom is 0.226 e. The van der Waals surface area contributed by atoms with Crippen molar-refractivity contribution in [3.05, 3.63) is 59.2 Å². The van der Waals surface area contributed by atoms with Crippen molar-refractivity contribution >= 4 is 28.2 Å². The van der Waals surface area contributed by atoms with Gasteiger partial charge in [0.05, 0.1) is 19.4 Å². The molecular weight excluding hydrogens is 407 g/mol. The van der Waals surface area contributed by atoms with E-state index in [-0.39, 0.29) is 24.5 Å². The third kappa shape index (κ3) is 5.42. The second-order valence-corrected chi connectivity index (χ2v) is 7.17. The van der Waals surface area contributed by atoms with Gasteiger partial charge in [-0.3, -0.25) is 9.59 Å². The summed E-state index contributed by atoms with van der Waals surface area (Å²) in [7, 11) is 1.49. The van der Waals surface area contributed by atoms with E-state index in [0.29, 0.717) is 40.1 Å². The monoisotopic (exact) mass is 428 g/mol. The number of nitrogens with zero attached hydrogens (tertiary/aromatic N) is 1. The number of rotatable bonds is 9. The summed E-state index contributed by atoms with van der Waals surface area (Å²) >= 11 is 1.21. The highest BCUT2D eigenvalue weighted by molar-refractivity contribution is 7.14. The van der Waals surface area contributed by atoms with Crippen molar-refractivity contribution in [1.82, 2.24) is 4.98 Å². The molecule has 156 valence electrons. The Morgan fingerprint density at radius 3 is 2.60 bits per heavy atom. The molecule has 0 aliphatic carbocycles. The van der Waals surface area contributed by atoms with E-state index in [9.17, 15) is 14.0 Å². The summed E-state index contributed by atoms with van der Waals surface area (Å²) < 4.78 is 24.2. The summed E-state index contributed by atoms with van der Waals surface area (Å²) in [6, 6.07) is 11.0. The molecule has 1 amide bonds. The average Bonchev–Trinajstić information content (AvgIpc) is 3.21. The molecule has 3 rings (SSSR count). The minimum absolute atomic E-state index is 0.0320. The van der Waals surface area contributed by atoms with Crippen molar-refractivity contribution in [2.24, 2.45) is 0 Å². The highest BCUT2D eigenvalue weighted by Crippen LogP contribution is 2.32. The molecule has 0 saturated carbocycles. The standard InChI is InChI=1S/C22H21FN2O4S/c1-3-29-16-7-4-14(5-8-16)19(26)9-11-21(27)25-22-24-18(13-30-22)17-12-15(23)6-10-20(17)28-2/h4-8,10,12-13H,3,9,11H2,1-2H3,(H,24,25,27). The van der Waals surface area contributed by atoms with Crippen molar-refractivity contribution in [2.75, 3.05) is 19.0 Å². The highest BCUT2D eigenvalue weighted by atomic mass is 32.1. The average molecular weight is 428 g/mol. The van der Waals surface area contributed by atoms with Crippen molar-refractivity contribution < 1.29 is 23.5 Å². The van der Waals surface area contributed by atoms with Crippen LogP contribution < -0.4 is 14.8 Å². The lowest BCUT2D eigenvalue weighted by Gasteiger charge is -2.06. The first-order chi connectivity index (χ1) is 14.5. The highest BCUT2D eigenvalue weighted by Gasteiger charge is 2.14. The molecule has 1 aromatic heterocycles. The van der Waals surface area contributed by atoms with Crippen LogP contribution in [-0.2, 0) is 4.79 Å². The number of carbonyl (C=O) groups is 2. The Kier molecular flexibility index (Phi) is 7.13. The summed E-state index contributed by atoms with van der Waals surface area (Å²) in [5, 5.41) is 4.76. The van der Waals surface area contributed by atoms with Gasteiger partial charge in [0, 0.05) is 29.3 Å². The topological polar surface area (TPSA) is 77.5 Å². The molecule has 1 N–H and O–H groups in total. The number of amides is 1. The fourth-order valence-corrected chi connectivity index (χ4v) is 3.52. The number of hydrogen-bond acceptors (Lipinski definition) is 6. The Morgan fingerprint density at radius 1 is 1.13 bits per heavy atom. The molecule has 0 unspecified atom stereocenters. The summed E-state index contributed by atoms with van der Waals surface area (Å²) in [6.07, 6.45) is 0.111. The number of hydrogen-bond donors (Lipinski definition) is 1. The van der Waals surface area contributed by atoms with E-state index in [1.165, 1.54) is 36.6 Å². The third-order valence-electron chi connectivity index (χ3n) is 4.25. The zero-order valence-electron chi connectivity index (χ0n) is 16.6. The van der Waals surface area contributed by atoms with Gasteiger partial charge in [0.2, 0.25) is 5.91 Å². The van der Waals surface area contributed by atoms with E-state index in [2.05, 4.69) is 10.3 Å². The van der Waals surface area contributed by atoms with Gasteiger partial charge < -0.3 is 14.8 Å². The van der Waals surface area contributed by atoms with Gasteiger partial charge in [-0.15, -0.1) is 11.3 Å². The van der Waals surface area contributed by atoms with Crippen LogP contribution in [0.4, 0.5) is 9.52 Å². The molecule has 0 bridgehead atoms. The number of halogens is 1. The molecule has 0 aliphatic rings. The molecule has 0 atom stereocenters. The molecule has 30 heavy (non-hydrogen) atoms. The van der Waals surface area contributed by atoms with Gasteiger partial charge in [0.1, 0.15) is 17.3 Å². The predicted octanol–water partition coefficient (Wildman–Crippen LogP) is 4.96. The van der Waals surface area contributed by atoms with Crippen LogP contribution in [0.1, 0.15) is 30.1 Å². The van der Waals surface area contributed by atoms with E-state index >= 15 is 0 Å². The molecule has 8 heteroatoms. The van der Waals surface area contributed by atoms with Gasteiger partial charge in [-0.1, -0.05) is 0 Å². The lowest BCUT2D eigenvalue weighted by molar-refractivity contribution is -0.116. The normalized spacial score (nSPS) is 10.5. The zero-order chi connectivity index (χ0) is 21.5. The SMILES string of the molecule is CCOc1ccc(C(=O)CCC(=O)Nc2nc(-c3cc(F)ccc3OC)cs2)cc1. The number of anilines is 1. The summed E-state index contributed by atoms with van der Waals surface area (Å²) in [5.74, 6) is 0.331. The van der Waals surface area contributed by atoms with Crippen LogP contribution in [0, 0.1) is 5.82 Å².